The van der Waals surface area contributed by atoms with Crippen LogP contribution in [0.1, 0.15) is 16.8 Å². The minimum absolute atomic E-state index is 0.0416. The Morgan fingerprint density at radius 3 is 3.14 bits per heavy atom. The first-order valence-electron chi connectivity index (χ1n) is 6.70. The number of fused-ring (bicyclic) bond motifs is 1. The van der Waals surface area contributed by atoms with Gasteiger partial charge in [-0.1, -0.05) is 11.8 Å². The van der Waals surface area contributed by atoms with Crippen LogP contribution in [0, 0.1) is 0 Å². The second-order valence-electron chi connectivity index (χ2n) is 4.82. The van der Waals surface area contributed by atoms with E-state index in [2.05, 4.69) is 15.6 Å². The molecule has 3 rings (SSSR count). The van der Waals surface area contributed by atoms with Crippen LogP contribution in [-0.4, -0.2) is 41.4 Å². The largest absolute Gasteiger partial charge is 0.354 e. The predicted octanol–water partition coefficient (Wildman–Crippen LogP) is 1.21. The van der Waals surface area contributed by atoms with Crippen molar-refractivity contribution in [3.63, 3.8) is 0 Å². The molecule has 2 N–H and O–H groups in total. The fraction of sp³-hybridized carbons (Fsp3) is 0.286. The van der Waals surface area contributed by atoms with Crippen molar-refractivity contribution in [1.29, 1.82) is 0 Å². The van der Waals surface area contributed by atoms with Crippen molar-refractivity contribution in [2.75, 3.05) is 12.3 Å². The Labute approximate surface area is 134 Å². The summed E-state index contributed by atoms with van der Waals surface area (Å²) in [5.74, 6) is 0.134. The molecule has 6 nitrogen and oxygen atoms in total. The van der Waals surface area contributed by atoms with E-state index in [1.54, 1.807) is 18.2 Å². The Balaban J connectivity index is 1.74. The van der Waals surface area contributed by atoms with Gasteiger partial charge in [0.25, 0.3) is 5.91 Å². The molecule has 2 aromatic rings. The van der Waals surface area contributed by atoms with Crippen LogP contribution in [0.15, 0.2) is 22.5 Å². The first kappa shape index (κ1) is 15.0. The lowest BCUT2D eigenvalue weighted by Gasteiger charge is -2.10. The van der Waals surface area contributed by atoms with E-state index in [0.29, 0.717) is 24.3 Å². The number of carbonyl (C=O) groups excluding carboxylic acids is 3. The van der Waals surface area contributed by atoms with E-state index in [9.17, 15) is 14.4 Å². The summed E-state index contributed by atoms with van der Waals surface area (Å²) >= 11 is 2.84. The van der Waals surface area contributed by atoms with Gasteiger partial charge in [0.05, 0.1) is 22.0 Å². The van der Waals surface area contributed by atoms with E-state index in [1.165, 1.54) is 23.1 Å². The average molecular weight is 335 g/mol. The summed E-state index contributed by atoms with van der Waals surface area (Å²) in [5, 5.41) is 5.53. The van der Waals surface area contributed by atoms with Gasteiger partial charge in [0.15, 0.2) is 4.34 Å². The molecule has 22 heavy (non-hydrogen) atoms. The monoisotopic (exact) mass is 335 g/mol. The summed E-state index contributed by atoms with van der Waals surface area (Å²) in [6.45, 7) is 0.472. The van der Waals surface area contributed by atoms with Gasteiger partial charge in [0.1, 0.15) is 6.29 Å². The van der Waals surface area contributed by atoms with E-state index in [1.807, 2.05) is 0 Å². The molecule has 0 spiro atoms. The molecule has 1 atom stereocenters. The first-order valence-corrected chi connectivity index (χ1v) is 8.50. The maximum atomic E-state index is 12.2. The van der Waals surface area contributed by atoms with Crippen LogP contribution in [0.3, 0.4) is 0 Å². The molecule has 1 aliphatic heterocycles. The molecule has 2 amide bonds. The van der Waals surface area contributed by atoms with Crippen molar-refractivity contribution in [2.45, 2.75) is 16.8 Å². The van der Waals surface area contributed by atoms with Gasteiger partial charge in [-0.15, -0.1) is 11.3 Å². The molecule has 1 saturated heterocycles. The number of hydrogen-bond donors (Lipinski definition) is 2. The molecule has 114 valence electrons. The highest BCUT2D eigenvalue weighted by Crippen LogP contribution is 2.29. The van der Waals surface area contributed by atoms with Crippen LogP contribution in [0.2, 0.25) is 0 Å². The Morgan fingerprint density at radius 1 is 1.55 bits per heavy atom. The van der Waals surface area contributed by atoms with E-state index >= 15 is 0 Å². The third-order valence-electron chi connectivity index (χ3n) is 3.22. The van der Waals surface area contributed by atoms with Gasteiger partial charge in [-0.3, -0.25) is 9.59 Å². The topological polar surface area (TPSA) is 88.2 Å². The van der Waals surface area contributed by atoms with Crippen molar-refractivity contribution in [1.82, 2.24) is 15.6 Å². The zero-order chi connectivity index (χ0) is 15.5. The number of aromatic nitrogens is 1. The molecule has 1 aliphatic rings. The molecule has 1 fully saturated rings. The van der Waals surface area contributed by atoms with Crippen LogP contribution in [-0.2, 0) is 9.59 Å². The Hall–Kier alpha value is -1.93. The second kappa shape index (κ2) is 6.45. The SMILES string of the molecule is O=CCSc1nc2ccc(C(=O)NC3CNC(=O)C3)cc2s1. The highest BCUT2D eigenvalue weighted by Gasteiger charge is 2.23. The van der Waals surface area contributed by atoms with Gasteiger partial charge in [-0.05, 0) is 18.2 Å². The van der Waals surface area contributed by atoms with E-state index < -0.39 is 0 Å². The Morgan fingerprint density at radius 2 is 2.41 bits per heavy atom. The highest BCUT2D eigenvalue weighted by molar-refractivity contribution is 8.01. The van der Waals surface area contributed by atoms with Crippen LogP contribution < -0.4 is 10.6 Å². The Bertz CT molecular complexity index is 744. The lowest BCUT2D eigenvalue weighted by atomic mass is 10.1. The fourth-order valence-corrected chi connectivity index (χ4v) is 4.01. The molecule has 1 aromatic carbocycles. The zero-order valence-electron chi connectivity index (χ0n) is 11.5. The van der Waals surface area contributed by atoms with Crippen molar-refractivity contribution in [2.24, 2.45) is 0 Å². The molecule has 0 radical (unpaired) electrons. The van der Waals surface area contributed by atoms with Gasteiger partial charge in [-0.25, -0.2) is 4.98 Å². The van der Waals surface area contributed by atoms with Crippen molar-refractivity contribution >= 4 is 51.4 Å². The van der Waals surface area contributed by atoms with Gasteiger partial charge < -0.3 is 15.4 Å². The second-order valence-corrected chi connectivity index (χ2v) is 7.12. The summed E-state index contributed by atoms with van der Waals surface area (Å²) in [6.07, 6.45) is 1.16. The maximum Gasteiger partial charge on any atom is 0.251 e. The lowest BCUT2D eigenvalue weighted by molar-refractivity contribution is -0.119. The molecular weight excluding hydrogens is 322 g/mol. The molecule has 0 saturated carbocycles. The highest BCUT2D eigenvalue weighted by atomic mass is 32.2. The first-order chi connectivity index (χ1) is 10.7. The average Bonchev–Trinajstić information content (AvgIpc) is 3.09. The number of thiazole rings is 1. The lowest BCUT2D eigenvalue weighted by Crippen LogP contribution is -2.36. The van der Waals surface area contributed by atoms with Crippen molar-refractivity contribution in [3.8, 4) is 0 Å². The van der Waals surface area contributed by atoms with E-state index in [4.69, 9.17) is 0 Å². The van der Waals surface area contributed by atoms with Gasteiger partial charge in [-0.2, -0.15) is 0 Å². The predicted molar refractivity (Wildman–Crippen MR) is 85.3 cm³/mol. The van der Waals surface area contributed by atoms with E-state index in [-0.39, 0.29) is 17.9 Å². The third kappa shape index (κ3) is 3.28. The van der Waals surface area contributed by atoms with Gasteiger partial charge in [0.2, 0.25) is 5.91 Å². The molecular formula is C14H13N3O3S2. The summed E-state index contributed by atoms with van der Waals surface area (Å²) in [7, 11) is 0. The number of hydrogen-bond acceptors (Lipinski definition) is 6. The molecule has 0 aliphatic carbocycles. The number of thioether (sulfide) groups is 1. The van der Waals surface area contributed by atoms with Gasteiger partial charge >= 0.3 is 0 Å². The molecule has 1 aromatic heterocycles. The molecule has 0 bridgehead atoms. The van der Waals surface area contributed by atoms with Crippen LogP contribution in [0.25, 0.3) is 10.2 Å². The summed E-state index contributed by atoms with van der Waals surface area (Å²) in [6, 6.07) is 5.15. The maximum absolute atomic E-state index is 12.2. The minimum atomic E-state index is -0.195. The standard InChI is InChI=1S/C14H13N3O3S2/c18-3-4-21-14-17-10-2-1-8(5-11(10)22-14)13(20)16-9-6-12(19)15-7-9/h1-3,5,9H,4,6-7H2,(H,15,19)(H,16,20). The van der Waals surface area contributed by atoms with Crippen LogP contribution >= 0.6 is 23.1 Å². The minimum Gasteiger partial charge on any atom is -0.354 e. The summed E-state index contributed by atoms with van der Waals surface area (Å²) < 4.78 is 1.71. The van der Waals surface area contributed by atoms with E-state index in [0.717, 1.165) is 20.8 Å². The van der Waals surface area contributed by atoms with Crippen molar-refractivity contribution in [3.05, 3.63) is 23.8 Å². The quantitative estimate of drug-likeness (QED) is 0.633. The Kier molecular flexibility index (Phi) is 4.39. The molecule has 8 heteroatoms. The number of benzene rings is 1. The normalized spacial score (nSPS) is 17.5. The number of carbonyl (C=O) groups is 3. The van der Waals surface area contributed by atoms with Gasteiger partial charge in [0, 0.05) is 18.5 Å². The number of amides is 2. The summed E-state index contributed by atoms with van der Waals surface area (Å²) in [5.41, 5.74) is 1.36. The molecule has 2 heterocycles. The summed E-state index contributed by atoms with van der Waals surface area (Å²) in [4.78, 5) is 38.2. The number of nitrogens with one attached hydrogen (secondary N) is 2. The number of nitrogens with zero attached hydrogens (tertiary/aromatic N) is 1. The number of rotatable bonds is 5. The zero-order valence-corrected chi connectivity index (χ0v) is 13.1. The number of aldehydes is 1. The van der Waals surface area contributed by atoms with Crippen molar-refractivity contribution < 1.29 is 14.4 Å². The van der Waals surface area contributed by atoms with Crippen LogP contribution in [0.5, 0.6) is 0 Å². The smallest absolute Gasteiger partial charge is 0.251 e. The van der Waals surface area contributed by atoms with Crippen LogP contribution in [0.4, 0.5) is 0 Å². The molecule has 1 unspecified atom stereocenters. The third-order valence-corrected chi connectivity index (χ3v) is 5.28. The fourth-order valence-electron chi connectivity index (χ4n) is 2.19.